The molecule has 3 aromatic rings. The van der Waals surface area contributed by atoms with Crippen molar-refractivity contribution in [3.63, 3.8) is 0 Å². The Morgan fingerprint density at radius 2 is 1.81 bits per heavy atom. The Labute approximate surface area is 212 Å². The summed E-state index contributed by atoms with van der Waals surface area (Å²) >= 11 is 0. The van der Waals surface area contributed by atoms with E-state index in [1.165, 1.54) is 29.7 Å². The fourth-order valence-electron chi connectivity index (χ4n) is 5.82. The highest BCUT2D eigenvalue weighted by Crippen LogP contribution is 2.40. The maximum absolute atomic E-state index is 13.0. The number of hydrogen-bond donors (Lipinski definition) is 2. The molecule has 2 aromatic heterocycles. The molecular weight excluding hydrogens is 450 g/mol. The van der Waals surface area contributed by atoms with Crippen molar-refractivity contribution in [2.75, 3.05) is 23.9 Å². The molecule has 0 aliphatic heterocycles. The van der Waals surface area contributed by atoms with E-state index < -0.39 is 0 Å². The van der Waals surface area contributed by atoms with Gasteiger partial charge in [-0.15, -0.1) is 0 Å². The molecular formula is C28H35N7O. The van der Waals surface area contributed by atoms with Crippen LogP contribution in [0.5, 0.6) is 0 Å². The summed E-state index contributed by atoms with van der Waals surface area (Å²) in [6.07, 6.45) is 10.2. The van der Waals surface area contributed by atoms with Gasteiger partial charge in [-0.2, -0.15) is 10.1 Å². The van der Waals surface area contributed by atoms with Crippen molar-refractivity contribution in [1.82, 2.24) is 25.5 Å². The number of nitrogens with zero attached hydrogens (tertiary/aromatic N) is 5. The van der Waals surface area contributed by atoms with Gasteiger partial charge in [0, 0.05) is 50.1 Å². The van der Waals surface area contributed by atoms with Crippen molar-refractivity contribution in [2.24, 2.45) is 0 Å². The molecule has 3 aliphatic carbocycles. The van der Waals surface area contributed by atoms with Gasteiger partial charge in [0.1, 0.15) is 5.82 Å². The molecule has 2 fully saturated rings. The number of carbonyl (C=O) groups is 1. The first kappa shape index (κ1) is 23.0. The van der Waals surface area contributed by atoms with Gasteiger partial charge in [-0.1, -0.05) is 24.3 Å². The van der Waals surface area contributed by atoms with Gasteiger partial charge in [0.05, 0.1) is 5.92 Å². The van der Waals surface area contributed by atoms with Crippen molar-refractivity contribution >= 4 is 23.5 Å². The number of benzene rings is 1. The molecule has 0 radical (unpaired) electrons. The summed E-state index contributed by atoms with van der Waals surface area (Å²) in [6.45, 7) is 0. The molecule has 0 saturated heterocycles. The lowest BCUT2D eigenvalue weighted by Crippen LogP contribution is -2.44. The third kappa shape index (κ3) is 4.56. The summed E-state index contributed by atoms with van der Waals surface area (Å²) in [6, 6.07) is 13.0. The van der Waals surface area contributed by atoms with Crippen LogP contribution in [0, 0.1) is 0 Å². The quantitative estimate of drug-likeness (QED) is 0.514. The van der Waals surface area contributed by atoms with E-state index in [-0.39, 0.29) is 17.9 Å². The van der Waals surface area contributed by atoms with Crippen molar-refractivity contribution in [3.05, 3.63) is 59.4 Å². The van der Waals surface area contributed by atoms with Crippen LogP contribution in [0.15, 0.2) is 42.6 Å². The van der Waals surface area contributed by atoms with Crippen LogP contribution in [0.2, 0.25) is 0 Å². The minimum absolute atomic E-state index is 0.00426. The number of H-pyrrole nitrogens is 1. The number of aromatic nitrogens is 4. The van der Waals surface area contributed by atoms with Crippen LogP contribution in [0.25, 0.3) is 0 Å². The van der Waals surface area contributed by atoms with E-state index in [0.717, 1.165) is 56.1 Å². The number of carbonyl (C=O) groups excluding carboxylic acids is 1. The maximum atomic E-state index is 13.0. The lowest BCUT2D eigenvalue weighted by molar-refractivity contribution is -0.123. The monoisotopic (exact) mass is 485 g/mol. The van der Waals surface area contributed by atoms with E-state index in [0.29, 0.717) is 12.0 Å². The molecule has 1 amide bonds. The Hall–Kier alpha value is -3.42. The van der Waals surface area contributed by atoms with Gasteiger partial charge in [0.15, 0.2) is 5.82 Å². The number of amides is 1. The lowest BCUT2D eigenvalue weighted by Gasteiger charge is -2.35. The molecule has 2 heterocycles. The predicted molar refractivity (Wildman–Crippen MR) is 141 cm³/mol. The normalized spacial score (nSPS) is 23.2. The fraction of sp³-hybridized carbons (Fsp3) is 0.500. The van der Waals surface area contributed by atoms with Gasteiger partial charge < -0.3 is 15.1 Å². The number of nitrogens with one attached hydrogen (secondary N) is 2. The number of aromatic amines is 1. The number of anilines is 3. The first-order chi connectivity index (χ1) is 17.6. The van der Waals surface area contributed by atoms with E-state index >= 15 is 0 Å². The number of rotatable bonds is 7. The van der Waals surface area contributed by atoms with Crippen molar-refractivity contribution in [2.45, 2.75) is 75.3 Å². The standard InChI is InChI=1S/C28H35N7O/c1-34(28-29-16-15-25(31-28)35(2)26-17-24(32-33-26)19-7-8-19)21-12-10-20(11-13-21)30-27(36)23-14-9-18-5-3-4-6-22(18)23/h3-6,15-17,19-21,23H,7-14H2,1-2H3,(H,30,36)(H,32,33)/t20?,21?,23-/m0/s1. The van der Waals surface area contributed by atoms with Crippen LogP contribution in [-0.4, -0.2) is 52.3 Å². The minimum atomic E-state index is 0.00426. The summed E-state index contributed by atoms with van der Waals surface area (Å²) in [5.41, 5.74) is 3.75. The van der Waals surface area contributed by atoms with E-state index in [4.69, 9.17) is 4.98 Å². The Balaban J connectivity index is 1.05. The lowest BCUT2D eigenvalue weighted by atomic mass is 9.89. The maximum Gasteiger partial charge on any atom is 0.227 e. The Morgan fingerprint density at radius 1 is 1.00 bits per heavy atom. The highest BCUT2D eigenvalue weighted by molar-refractivity contribution is 5.85. The first-order valence-electron chi connectivity index (χ1n) is 13.3. The summed E-state index contributed by atoms with van der Waals surface area (Å²) in [4.78, 5) is 26.6. The molecule has 0 unspecified atom stereocenters. The van der Waals surface area contributed by atoms with Gasteiger partial charge >= 0.3 is 0 Å². The van der Waals surface area contributed by atoms with Gasteiger partial charge in [-0.25, -0.2) is 4.98 Å². The number of fused-ring (bicyclic) bond motifs is 1. The zero-order valence-corrected chi connectivity index (χ0v) is 21.2. The Kier molecular flexibility index (Phi) is 6.11. The molecule has 1 aromatic carbocycles. The van der Waals surface area contributed by atoms with Crippen LogP contribution >= 0.6 is 0 Å². The molecule has 2 N–H and O–H groups in total. The number of aryl methyl sites for hydroxylation is 1. The molecule has 1 atom stereocenters. The van der Waals surface area contributed by atoms with Gasteiger partial charge in [0.25, 0.3) is 0 Å². The Morgan fingerprint density at radius 3 is 2.61 bits per heavy atom. The molecule has 36 heavy (non-hydrogen) atoms. The largest absolute Gasteiger partial charge is 0.353 e. The number of hydrogen-bond acceptors (Lipinski definition) is 6. The molecule has 8 nitrogen and oxygen atoms in total. The summed E-state index contributed by atoms with van der Waals surface area (Å²) < 4.78 is 0. The zero-order valence-electron chi connectivity index (χ0n) is 21.2. The second-order valence-electron chi connectivity index (χ2n) is 10.6. The van der Waals surface area contributed by atoms with Crippen molar-refractivity contribution < 1.29 is 4.79 Å². The molecule has 6 rings (SSSR count). The highest BCUT2D eigenvalue weighted by atomic mass is 16.2. The topological polar surface area (TPSA) is 90.0 Å². The SMILES string of the molecule is CN(c1cc(C2CC2)[nH]n1)c1ccnc(N(C)C2CCC(NC(=O)[C@H]3CCc4ccccc43)CC2)n1. The molecule has 0 spiro atoms. The second kappa shape index (κ2) is 9.56. The summed E-state index contributed by atoms with van der Waals surface area (Å²) in [5, 5.41) is 11.0. The van der Waals surface area contributed by atoms with Crippen LogP contribution in [0.1, 0.15) is 73.6 Å². The molecule has 0 bridgehead atoms. The molecule has 188 valence electrons. The third-order valence-corrected chi connectivity index (χ3v) is 8.27. The van der Waals surface area contributed by atoms with Gasteiger partial charge in [-0.05, 0) is 68.6 Å². The van der Waals surface area contributed by atoms with Gasteiger partial charge in [0.2, 0.25) is 11.9 Å². The van der Waals surface area contributed by atoms with Crippen LogP contribution < -0.4 is 15.1 Å². The minimum Gasteiger partial charge on any atom is -0.353 e. The average molecular weight is 486 g/mol. The zero-order chi connectivity index (χ0) is 24.6. The first-order valence-corrected chi connectivity index (χ1v) is 13.3. The summed E-state index contributed by atoms with van der Waals surface area (Å²) in [5.74, 6) is 3.28. The van der Waals surface area contributed by atoms with Crippen molar-refractivity contribution in [3.8, 4) is 0 Å². The second-order valence-corrected chi connectivity index (χ2v) is 10.6. The average Bonchev–Trinajstić information content (AvgIpc) is 3.48. The van der Waals surface area contributed by atoms with Crippen LogP contribution in [0.3, 0.4) is 0 Å². The van der Waals surface area contributed by atoms with Gasteiger partial charge in [-0.3, -0.25) is 9.89 Å². The third-order valence-electron chi connectivity index (χ3n) is 8.27. The van der Waals surface area contributed by atoms with Crippen LogP contribution in [0.4, 0.5) is 17.6 Å². The Bertz CT molecular complexity index is 1230. The van der Waals surface area contributed by atoms with E-state index in [1.54, 1.807) is 0 Å². The highest BCUT2D eigenvalue weighted by Gasteiger charge is 2.32. The smallest absolute Gasteiger partial charge is 0.227 e. The van der Waals surface area contributed by atoms with Crippen LogP contribution in [-0.2, 0) is 11.2 Å². The predicted octanol–water partition coefficient (Wildman–Crippen LogP) is 4.44. The van der Waals surface area contributed by atoms with E-state index in [9.17, 15) is 4.79 Å². The molecule has 3 aliphatic rings. The van der Waals surface area contributed by atoms with Crippen molar-refractivity contribution in [1.29, 1.82) is 0 Å². The fourth-order valence-corrected chi connectivity index (χ4v) is 5.82. The van der Waals surface area contributed by atoms with E-state index in [1.807, 2.05) is 30.3 Å². The molecule has 2 saturated carbocycles. The summed E-state index contributed by atoms with van der Waals surface area (Å²) in [7, 11) is 4.08. The van der Waals surface area contributed by atoms with E-state index in [2.05, 4.69) is 56.7 Å². The molecule has 8 heteroatoms.